The van der Waals surface area contributed by atoms with E-state index in [1.807, 2.05) is 18.2 Å². The van der Waals surface area contributed by atoms with Gasteiger partial charge in [-0.05, 0) is 42.7 Å². The van der Waals surface area contributed by atoms with Crippen molar-refractivity contribution in [3.63, 3.8) is 0 Å². The van der Waals surface area contributed by atoms with Crippen LogP contribution in [0.15, 0.2) is 36.4 Å². The lowest BCUT2D eigenvalue weighted by Gasteiger charge is -2.31. The van der Waals surface area contributed by atoms with Crippen LogP contribution in [0.4, 0.5) is 17.3 Å². The number of thiophene rings is 1. The summed E-state index contributed by atoms with van der Waals surface area (Å²) in [5.41, 5.74) is 1.42. The highest BCUT2D eigenvalue weighted by molar-refractivity contribution is 7.12. The van der Waals surface area contributed by atoms with E-state index >= 15 is 0 Å². The molecule has 0 spiro atoms. The molecule has 3 aromatic rings. The molecular formula is C21H27N5OS2. The topological polar surface area (TPSA) is 70.1 Å². The Morgan fingerprint density at radius 3 is 2.45 bits per heavy atom. The number of nitrogens with one attached hydrogen (secondary N) is 2. The van der Waals surface area contributed by atoms with E-state index in [1.165, 1.54) is 9.75 Å². The summed E-state index contributed by atoms with van der Waals surface area (Å²) in [5.74, 6) is 1.33. The maximum absolute atomic E-state index is 12.2. The number of nitrogens with zero attached hydrogens (tertiary/aromatic N) is 3. The maximum Gasteiger partial charge on any atom is 0.253 e. The SMILES string of the molecule is Cc1ccc([C@H](Nc2nsnc2Nc2cccc(C(=O)N(C)C)c2)C(C)(C)C)s1. The normalized spacial score (nSPS) is 12.5. The fourth-order valence-corrected chi connectivity index (χ4v) is 4.60. The largest absolute Gasteiger partial charge is 0.358 e. The molecule has 29 heavy (non-hydrogen) atoms. The number of carbonyl (C=O) groups is 1. The molecule has 2 aromatic heterocycles. The average Bonchev–Trinajstić information content (AvgIpc) is 3.27. The van der Waals surface area contributed by atoms with Crippen LogP contribution < -0.4 is 10.6 Å². The highest BCUT2D eigenvalue weighted by atomic mass is 32.1. The second-order valence-electron chi connectivity index (χ2n) is 8.26. The van der Waals surface area contributed by atoms with Crippen LogP contribution in [0.2, 0.25) is 0 Å². The molecule has 0 bridgehead atoms. The summed E-state index contributed by atoms with van der Waals surface area (Å²) in [5, 5.41) is 6.89. The van der Waals surface area contributed by atoms with E-state index in [0.717, 1.165) is 17.4 Å². The van der Waals surface area contributed by atoms with Crippen LogP contribution in [-0.4, -0.2) is 33.6 Å². The molecule has 0 unspecified atom stereocenters. The first-order chi connectivity index (χ1) is 13.6. The molecule has 0 saturated carbocycles. The highest BCUT2D eigenvalue weighted by Crippen LogP contribution is 2.40. The van der Waals surface area contributed by atoms with Crippen LogP contribution >= 0.6 is 23.1 Å². The third-order valence-corrected chi connectivity index (χ3v) is 6.05. The Labute approximate surface area is 180 Å². The van der Waals surface area contributed by atoms with Crippen molar-refractivity contribution in [3.05, 3.63) is 51.7 Å². The van der Waals surface area contributed by atoms with Gasteiger partial charge in [0.2, 0.25) is 0 Å². The number of hydrogen-bond acceptors (Lipinski definition) is 7. The predicted octanol–water partition coefficient (Wildman–Crippen LogP) is 5.55. The molecular weight excluding hydrogens is 402 g/mol. The number of amides is 1. The summed E-state index contributed by atoms with van der Waals surface area (Å²) in [7, 11) is 3.49. The fraction of sp³-hybridized carbons (Fsp3) is 0.381. The van der Waals surface area contributed by atoms with Crippen molar-refractivity contribution in [1.29, 1.82) is 0 Å². The minimum absolute atomic E-state index is 0.00374. The fourth-order valence-electron chi connectivity index (χ4n) is 2.95. The number of aryl methyl sites for hydroxylation is 1. The molecule has 1 atom stereocenters. The first-order valence-corrected chi connectivity index (χ1v) is 10.9. The molecule has 2 N–H and O–H groups in total. The van der Waals surface area contributed by atoms with Gasteiger partial charge in [-0.3, -0.25) is 4.79 Å². The van der Waals surface area contributed by atoms with E-state index in [2.05, 4.69) is 59.2 Å². The first-order valence-electron chi connectivity index (χ1n) is 9.39. The maximum atomic E-state index is 12.2. The van der Waals surface area contributed by atoms with Crippen molar-refractivity contribution in [3.8, 4) is 0 Å². The van der Waals surface area contributed by atoms with Crippen LogP contribution in [0, 0.1) is 12.3 Å². The van der Waals surface area contributed by atoms with Gasteiger partial charge in [-0.2, -0.15) is 8.75 Å². The molecule has 0 aliphatic heterocycles. The van der Waals surface area contributed by atoms with Gasteiger partial charge in [0.15, 0.2) is 11.6 Å². The van der Waals surface area contributed by atoms with Crippen LogP contribution in [-0.2, 0) is 0 Å². The van der Waals surface area contributed by atoms with Gasteiger partial charge in [0, 0.05) is 35.1 Å². The number of carbonyl (C=O) groups excluding carboxylic acids is 1. The minimum Gasteiger partial charge on any atom is -0.358 e. The smallest absolute Gasteiger partial charge is 0.253 e. The van der Waals surface area contributed by atoms with Crippen LogP contribution in [0.5, 0.6) is 0 Å². The second-order valence-corrected chi connectivity index (χ2v) is 10.1. The molecule has 0 aliphatic carbocycles. The Morgan fingerprint density at radius 2 is 1.83 bits per heavy atom. The summed E-state index contributed by atoms with van der Waals surface area (Å²) in [6.45, 7) is 8.75. The van der Waals surface area contributed by atoms with Crippen LogP contribution in [0.25, 0.3) is 0 Å². The van der Waals surface area contributed by atoms with Gasteiger partial charge >= 0.3 is 0 Å². The molecule has 0 radical (unpaired) electrons. The van der Waals surface area contributed by atoms with Crippen molar-refractivity contribution in [2.75, 3.05) is 24.7 Å². The highest BCUT2D eigenvalue weighted by Gasteiger charge is 2.29. The van der Waals surface area contributed by atoms with E-state index < -0.39 is 0 Å². The second kappa shape index (κ2) is 8.51. The lowest BCUT2D eigenvalue weighted by Crippen LogP contribution is -2.25. The zero-order valence-corrected chi connectivity index (χ0v) is 19.2. The third kappa shape index (κ3) is 5.13. The van der Waals surface area contributed by atoms with E-state index in [9.17, 15) is 4.79 Å². The van der Waals surface area contributed by atoms with Crippen LogP contribution in [0.1, 0.15) is 46.9 Å². The van der Waals surface area contributed by atoms with Crippen molar-refractivity contribution in [1.82, 2.24) is 13.6 Å². The molecule has 0 saturated heterocycles. The molecule has 0 aliphatic rings. The van der Waals surface area contributed by atoms with Gasteiger partial charge in [0.25, 0.3) is 5.91 Å². The lowest BCUT2D eigenvalue weighted by molar-refractivity contribution is 0.0827. The molecule has 154 valence electrons. The standard InChI is InChI=1S/C21H27N5OS2/c1-13-10-11-16(28-13)17(21(2,3)4)23-19-18(24-29-25-19)22-15-9-7-8-14(12-15)20(27)26(5)6/h7-12,17H,1-6H3,(H,22,24)(H,23,25)/t17-/m0/s1. The Bertz CT molecular complexity index is 987. The first kappa shape index (κ1) is 21.3. The van der Waals surface area contributed by atoms with E-state index in [4.69, 9.17) is 0 Å². The number of hydrogen-bond donors (Lipinski definition) is 2. The summed E-state index contributed by atoms with van der Waals surface area (Å²) in [6, 6.07) is 11.8. The number of benzene rings is 1. The van der Waals surface area contributed by atoms with Gasteiger partial charge < -0.3 is 15.5 Å². The van der Waals surface area contributed by atoms with Crippen molar-refractivity contribution < 1.29 is 4.79 Å². The number of anilines is 3. The number of aromatic nitrogens is 2. The van der Waals surface area contributed by atoms with Gasteiger partial charge in [0.05, 0.1) is 17.8 Å². The third-order valence-electron chi connectivity index (χ3n) is 4.46. The van der Waals surface area contributed by atoms with Gasteiger partial charge in [-0.25, -0.2) is 0 Å². The summed E-state index contributed by atoms with van der Waals surface area (Å²) in [6.07, 6.45) is 0. The van der Waals surface area contributed by atoms with E-state index in [0.29, 0.717) is 17.2 Å². The monoisotopic (exact) mass is 429 g/mol. The Balaban J connectivity index is 1.84. The van der Waals surface area contributed by atoms with Crippen molar-refractivity contribution in [2.24, 2.45) is 5.41 Å². The molecule has 6 nitrogen and oxygen atoms in total. The molecule has 1 aromatic carbocycles. The summed E-state index contributed by atoms with van der Waals surface area (Å²) < 4.78 is 8.89. The molecule has 0 fully saturated rings. The van der Waals surface area contributed by atoms with Crippen molar-refractivity contribution in [2.45, 2.75) is 33.7 Å². The van der Waals surface area contributed by atoms with E-state index in [-0.39, 0.29) is 17.4 Å². The van der Waals surface area contributed by atoms with Crippen molar-refractivity contribution >= 4 is 46.3 Å². The van der Waals surface area contributed by atoms with Gasteiger partial charge in [0.1, 0.15) is 0 Å². The zero-order valence-electron chi connectivity index (χ0n) is 17.6. The quantitative estimate of drug-likeness (QED) is 0.537. The predicted molar refractivity (Wildman–Crippen MR) is 123 cm³/mol. The Kier molecular flexibility index (Phi) is 6.24. The Hall–Kier alpha value is -2.45. The lowest BCUT2D eigenvalue weighted by atomic mass is 9.86. The number of rotatable bonds is 6. The summed E-state index contributed by atoms with van der Waals surface area (Å²) in [4.78, 5) is 16.4. The molecule has 1 amide bonds. The zero-order chi connectivity index (χ0) is 21.2. The van der Waals surface area contributed by atoms with Gasteiger partial charge in [-0.1, -0.05) is 26.8 Å². The minimum atomic E-state index is -0.0377. The summed E-state index contributed by atoms with van der Waals surface area (Å²) >= 11 is 2.95. The van der Waals surface area contributed by atoms with E-state index in [1.54, 1.807) is 36.4 Å². The van der Waals surface area contributed by atoms with Crippen LogP contribution in [0.3, 0.4) is 0 Å². The molecule has 3 rings (SSSR count). The van der Waals surface area contributed by atoms with Gasteiger partial charge in [-0.15, -0.1) is 11.3 Å². The Morgan fingerprint density at radius 1 is 1.10 bits per heavy atom. The average molecular weight is 430 g/mol. The molecule has 8 heteroatoms. The molecule has 2 heterocycles.